The highest BCUT2D eigenvalue weighted by Gasteiger charge is 2.71. The molecule has 2 unspecified atom stereocenters. The minimum atomic E-state index is 0.274. The topological polar surface area (TPSA) is 0 Å². The van der Waals surface area contributed by atoms with E-state index in [1.54, 1.807) is 0 Å². The minimum Gasteiger partial charge on any atom is -0.0614 e. The SMILES string of the molecule is CC1C(C)(C)C(C)(C)C(C)(C)C(C)(C)C1(C)C(C)(C)C. The summed E-state index contributed by atoms with van der Waals surface area (Å²) in [6, 6.07) is 0. The zero-order valence-electron chi connectivity index (χ0n) is 16.6. The van der Waals surface area contributed by atoms with Crippen LogP contribution in [0.4, 0.5) is 0 Å². The molecular weight excluding hydrogens is 240 g/mol. The summed E-state index contributed by atoms with van der Waals surface area (Å²) in [4.78, 5) is 0. The first-order valence-electron chi connectivity index (χ1n) is 8.40. The smallest absolute Gasteiger partial charge is 0.0190 e. The quantitative estimate of drug-likeness (QED) is 0.458. The molecule has 0 radical (unpaired) electrons. The molecule has 1 fully saturated rings. The van der Waals surface area contributed by atoms with Gasteiger partial charge in [-0.3, -0.25) is 0 Å². The molecule has 2 atom stereocenters. The molecule has 0 nitrogen and oxygen atoms in total. The summed E-state index contributed by atoms with van der Waals surface area (Å²) in [7, 11) is 0. The Morgan fingerprint density at radius 3 is 1.25 bits per heavy atom. The molecule has 0 N–H and O–H groups in total. The lowest BCUT2D eigenvalue weighted by Crippen LogP contribution is -2.70. The van der Waals surface area contributed by atoms with E-state index in [-0.39, 0.29) is 10.8 Å². The Morgan fingerprint density at radius 1 is 0.600 bits per heavy atom. The van der Waals surface area contributed by atoms with Gasteiger partial charge in [-0.25, -0.2) is 0 Å². The van der Waals surface area contributed by atoms with Gasteiger partial charge in [0.15, 0.2) is 0 Å². The highest BCUT2D eigenvalue weighted by atomic mass is 14.7. The van der Waals surface area contributed by atoms with E-state index in [1.165, 1.54) is 0 Å². The monoisotopic (exact) mass is 280 g/mol. The van der Waals surface area contributed by atoms with Crippen LogP contribution in [0.1, 0.15) is 90.0 Å². The van der Waals surface area contributed by atoms with Crippen LogP contribution in [-0.2, 0) is 0 Å². The Balaban J connectivity index is 3.76. The van der Waals surface area contributed by atoms with Crippen molar-refractivity contribution in [1.29, 1.82) is 0 Å². The van der Waals surface area contributed by atoms with Crippen molar-refractivity contribution in [3.05, 3.63) is 0 Å². The molecule has 0 amide bonds. The second-order valence-electron chi connectivity index (χ2n) is 10.8. The van der Waals surface area contributed by atoms with Crippen molar-refractivity contribution >= 4 is 0 Å². The van der Waals surface area contributed by atoms with Crippen LogP contribution in [0.2, 0.25) is 0 Å². The Morgan fingerprint density at radius 2 is 0.950 bits per heavy atom. The molecule has 120 valence electrons. The van der Waals surface area contributed by atoms with Crippen molar-refractivity contribution < 1.29 is 0 Å². The summed E-state index contributed by atoms with van der Waals surface area (Å²) in [5, 5.41) is 0. The lowest BCUT2D eigenvalue weighted by molar-refractivity contribution is -0.279. The molecule has 1 rings (SSSR count). The van der Waals surface area contributed by atoms with E-state index in [1.807, 2.05) is 0 Å². The van der Waals surface area contributed by atoms with Gasteiger partial charge in [0.05, 0.1) is 0 Å². The van der Waals surface area contributed by atoms with E-state index in [2.05, 4.69) is 90.0 Å². The summed E-state index contributed by atoms with van der Waals surface area (Å²) in [6.07, 6.45) is 0. The van der Waals surface area contributed by atoms with Gasteiger partial charge in [0, 0.05) is 0 Å². The van der Waals surface area contributed by atoms with E-state index in [0.29, 0.717) is 27.6 Å². The maximum Gasteiger partial charge on any atom is -0.0190 e. The standard InChI is InChI=1S/C20H40/c1-14-16(5,6)17(7,8)18(9,10)19(11,12)20(14,13)15(2,3)4/h14H,1-13H3. The Bertz CT molecular complexity index is 387. The third kappa shape index (κ3) is 1.60. The molecule has 0 aromatic heterocycles. The molecule has 0 aromatic rings. The highest BCUT2D eigenvalue weighted by Crippen LogP contribution is 2.77. The van der Waals surface area contributed by atoms with Crippen molar-refractivity contribution in [2.75, 3.05) is 0 Å². The van der Waals surface area contributed by atoms with Gasteiger partial charge in [-0.1, -0.05) is 90.0 Å². The normalized spacial score (nSPS) is 38.5. The van der Waals surface area contributed by atoms with Crippen molar-refractivity contribution in [3.63, 3.8) is 0 Å². The molecule has 0 aromatic carbocycles. The average molecular weight is 281 g/mol. The number of hydrogen-bond donors (Lipinski definition) is 0. The Labute approximate surface area is 129 Å². The van der Waals surface area contributed by atoms with Crippen LogP contribution in [0.15, 0.2) is 0 Å². The second kappa shape index (κ2) is 4.05. The van der Waals surface area contributed by atoms with Gasteiger partial charge in [-0.2, -0.15) is 0 Å². The first kappa shape index (κ1) is 18.1. The van der Waals surface area contributed by atoms with E-state index in [0.717, 1.165) is 0 Å². The van der Waals surface area contributed by atoms with Crippen molar-refractivity contribution in [1.82, 2.24) is 0 Å². The molecule has 0 heterocycles. The summed E-state index contributed by atoms with van der Waals surface area (Å²) >= 11 is 0. The van der Waals surface area contributed by atoms with Gasteiger partial charge < -0.3 is 0 Å². The first-order valence-corrected chi connectivity index (χ1v) is 8.40. The van der Waals surface area contributed by atoms with Crippen LogP contribution in [0.5, 0.6) is 0 Å². The van der Waals surface area contributed by atoms with Crippen LogP contribution >= 0.6 is 0 Å². The van der Waals surface area contributed by atoms with E-state index in [4.69, 9.17) is 0 Å². The third-order valence-electron chi connectivity index (χ3n) is 9.54. The maximum atomic E-state index is 2.55. The molecular formula is C20H40. The predicted molar refractivity (Wildman–Crippen MR) is 91.9 cm³/mol. The first-order chi connectivity index (χ1) is 8.40. The van der Waals surface area contributed by atoms with E-state index < -0.39 is 0 Å². The Kier molecular flexibility index (Phi) is 3.65. The fourth-order valence-corrected chi connectivity index (χ4v) is 5.63. The molecule has 1 aliphatic rings. The largest absolute Gasteiger partial charge is 0.0614 e. The van der Waals surface area contributed by atoms with Crippen LogP contribution < -0.4 is 0 Å². The lowest BCUT2D eigenvalue weighted by atomic mass is 9.29. The van der Waals surface area contributed by atoms with E-state index in [9.17, 15) is 0 Å². The van der Waals surface area contributed by atoms with Gasteiger partial charge in [-0.15, -0.1) is 0 Å². The third-order valence-corrected chi connectivity index (χ3v) is 9.54. The molecule has 20 heavy (non-hydrogen) atoms. The number of hydrogen-bond acceptors (Lipinski definition) is 0. The summed E-state index contributed by atoms with van der Waals surface area (Å²) in [5.74, 6) is 0.674. The van der Waals surface area contributed by atoms with Crippen LogP contribution in [-0.4, -0.2) is 0 Å². The molecule has 1 aliphatic carbocycles. The predicted octanol–water partition coefficient (Wildman–Crippen LogP) is 6.79. The molecule has 0 heteroatoms. The van der Waals surface area contributed by atoms with Crippen molar-refractivity contribution in [3.8, 4) is 0 Å². The van der Waals surface area contributed by atoms with Crippen LogP contribution in [0, 0.1) is 38.4 Å². The van der Waals surface area contributed by atoms with Crippen molar-refractivity contribution in [2.24, 2.45) is 38.4 Å². The number of rotatable bonds is 0. The fourth-order valence-electron chi connectivity index (χ4n) is 5.63. The van der Waals surface area contributed by atoms with E-state index >= 15 is 0 Å². The van der Waals surface area contributed by atoms with Crippen molar-refractivity contribution in [2.45, 2.75) is 90.0 Å². The molecule has 1 saturated carbocycles. The molecule has 0 spiro atoms. The minimum absolute atomic E-state index is 0.274. The maximum absolute atomic E-state index is 2.55. The van der Waals surface area contributed by atoms with Crippen LogP contribution in [0.25, 0.3) is 0 Å². The summed E-state index contributed by atoms with van der Waals surface area (Å²) in [6.45, 7) is 32.4. The van der Waals surface area contributed by atoms with Gasteiger partial charge >= 0.3 is 0 Å². The molecule has 0 aliphatic heterocycles. The average Bonchev–Trinajstić information content (AvgIpc) is 2.22. The molecule has 0 saturated heterocycles. The van der Waals surface area contributed by atoms with Gasteiger partial charge in [0.25, 0.3) is 0 Å². The van der Waals surface area contributed by atoms with Crippen LogP contribution in [0.3, 0.4) is 0 Å². The van der Waals surface area contributed by atoms with Gasteiger partial charge in [0.1, 0.15) is 0 Å². The highest BCUT2D eigenvalue weighted by molar-refractivity contribution is 5.19. The summed E-state index contributed by atoms with van der Waals surface area (Å²) in [5.41, 5.74) is 1.75. The zero-order chi connectivity index (χ0) is 16.6. The second-order valence-corrected chi connectivity index (χ2v) is 10.8. The summed E-state index contributed by atoms with van der Waals surface area (Å²) < 4.78 is 0. The zero-order valence-corrected chi connectivity index (χ0v) is 16.6. The fraction of sp³-hybridized carbons (Fsp3) is 1.00. The Hall–Kier alpha value is 0. The van der Waals surface area contributed by atoms with Gasteiger partial charge in [-0.05, 0) is 38.4 Å². The lowest BCUT2D eigenvalue weighted by Gasteiger charge is -2.76. The van der Waals surface area contributed by atoms with Gasteiger partial charge in [0.2, 0.25) is 0 Å². The molecule has 0 bridgehead atoms.